The van der Waals surface area contributed by atoms with E-state index in [0.29, 0.717) is 50.6 Å². The number of carbonyl (C=O) groups excluding carboxylic acids is 1. The van der Waals surface area contributed by atoms with E-state index in [1.165, 1.54) is 10.4 Å². The standard InChI is InChI=1S/C21H26N2O5S2/c1-15(20-4-2-13-29-20)22-21(24)16-7-9-23(10-8-16)30(25,26)17-5-6-18-19(14-17)28-12-3-11-27-18/h2,4-6,13-16H,3,7-12H2,1H3,(H,22,24)/t15-/m0/s1. The maximum absolute atomic E-state index is 13.1. The van der Waals surface area contributed by atoms with Crippen molar-refractivity contribution in [1.29, 1.82) is 0 Å². The molecule has 2 aromatic rings. The van der Waals surface area contributed by atoms with Crippen molar-refractivity contribution in [3.63, 3.8) is 0 Å². The van der Waals surface area contributed by atoms with E-state index in [4.69, 9.17) is 9.47 Å². The Labute approximate surface area is 181 Å². The second-order valence-electron chi connectivity index (χ2n) is 7.58. The summed E-state index contributed by atoms with van der Waals surface area (Å²) < 4.78 is 38.9. The van der Waals surface area contributed by atoms with Gasteiger partial charge in [-0.3, -0.25) is 4.79 Å². The summed E-state index contributed by atoms with van der Waals surface area (Å²) in [5, 5.41) is 5.04. The average molecular weight is 451 g/mol. The number of sulfonamides is 1. The van der Waals surface area contributed by atoms with E-state index in [0.717, 1.165) is 11.3 Å². The van der Waals surface area contributed by atoms with Crippen LogP contribution in [0.4, 0.5) is 0 Å². The van der Waals surface area contributed by atoms with Crippen molar-refractivity contribution in [2.75, 3.05) is 26.3 Å². The molecule has 7 nitrogen and oxygen atoms in total. The first-order valence-corrected chi connectivity index (χ1v) is 12.5. The Bertz CT molecular complexity index is 983. The summed E-state index contributed by atoms with van der Waals surface area (Å²) in [4.78, 5) is 13.9. The van der Waals surface area contributed by atoms with Crippen LogP contribution in [0.25, 0.3) is 0 Å². The van der Waals surface area contributed by atoms with Gasteiger partial charge >= 0.3 is 0 Å². The van der Waals surface area contributed by atoms with Gasteiger partial charge in [0.25, 0.3) is 0 Å². The Morgan fingerprint density at radius 3 is 2.60 bits per heavy atom. The molecule has 0 radical (unpaired) electrons. The molecule has 4 rings (SSSR count). The highest BCUT2D eigenvalue weighted by Crippen LogP contribution is 2.34. The summed E-state index contributed by atoms with van der Waals surface area (Å²) in [6.45, 7) is 3.67. The number of nitrogens with one attached hydrogen (secondary N) is 1. The van der Waals surface area contributed by atoms with Gasteiger partial charge in [0.15, 0.2) is 11.5 Å². The van der Waals surface area contributed by atoms with Crippen molar-refractivity contribution in [1.82, 2.24) is 9.62 Å². The normalized spacial score (nSPS) is 19.1. The van der Waals surface area contributed by atoms with E-state index in [-0.39, 0.29) is 22.8 Å². The molecule has 1 aromatic heterocycles. The second kappa shape index (κ2) is 8.95. The molecule has 1 saturated heterocycles. The highest BCUT2D eigenvalue weighted by Gasteiger charge is 2.33. The Kier molecular flexibility index (Phi) is 6.31. The molecule has 1 fully saturated rings. The molecule has 1 N–H and O–H groups in total. The van der Waals surface area contributed by atoms with Gasteiger partial charge in [-0.1, -0.05) is 6.07 Å². The van der Waals surface area contributed by atoms with E-state index >= 15 is 0 Å². The van der Waals surface area contributed by atoms with Crippen LogP contribution in [-0.2, 0) is 14.8 Å². The number of hydrogen-bond acceptors (Lipinski definition) is 6. The van der Waals surface area contributed by atoms with Gasteiger partial charge in [0.05, 0.1) is 24.2 Å². The van der Waals surface area contributed by atoms with E-state index in [1.807, 2.05) is 24.4 Å². The minimum Gasteiger partial charge on any atom is -0.490 e. The summed E-state index contributed by atoms with van der Waals surface area (Å²) in [5.41, 5.74) is 0. The number of ether oxygens (including phenoxy) is 2. The first-order chi connectivity index (χ1) is 14.4. The lowest BCUT2D eigenvalue weighted by Crippen LogP contribution is -2.43. The maximum Gasteiger partial charge on any atom is 0.243 e. The Morgan fingerprint density at radius 2 is 1.90 bits per heavy atom. The number of benzene rings is 1. The van der Waals surface area contributed by atoms with Crippen molar-refractivity contribution < 1.29 is 22.7 Å². The molecule has 30 heavy (non-hydrogen) atoms. The van der Waals surface area contributed by atoms with Crippen molar-refractivity contribution in [2.24, 2.45) is 5.92 Å². The molecule has 1 aromatic carbocycles. The molecular formula is C21H26N2O5S2. The number of piperidine rings is 1. The number of rotatable bonds is 5. The van der Waals surface area contributed by atoms with Crippen molar-refractivity contribution in [3.05, 3.63) is 40.6 Å². The number of carbonyl (C=O) groups is 1. The third-order valence-electron chi connectivity index (χ3n) is 5.51. The van der Waals surface area contributed by atoms with Crippen LogP contribution >= 0.6 is 11.3 Å². The van der Waals surface area contributed by atoms with Crippen molar-refractivity contribution in [3.8, 4) is 11.5 Å². The predicted molar refractivity (Wildman–Crippen MR) is 114 cm³/mol. The smallest absolute Gasteiger partial charge is 0.243 e. The SMILES string of the molecule is C[C@H](NC(=O)C1CCN(S(=O)(=O)c2ccc3c(c2)OCCCO3)CC1)c1cccs1. The van der Waals surface area contributed by atoms with Crippen LogP contribution in [0.5, 0.6) is 11.5 Å². The maximum atomic E-state index is 13.1. The highest BCUT2D eigenvalue weighted by atomic mass is 32.2. The van der Waals surface area contributed by atoms with Crippen LogP contribution in [0.3, 0.4) is 0 Å². The second-order valence-corrected chi connectivity index (χ2v) is 10.5. The Morgan fingerprint density at radius 1 is 1.17 bits per heavy atom. The molecule has 0 spiro atoms. The zero-order chi connectivity index (χ0) is 21.1. The van der Waals surface area contributed by atoms with Gasteiger partial charge < -0.3 is 14.8 Å². The lowest BCUT2D eigenvalue weighted by Gasteiger charge is -2.31. The zero-order valence-corrected chi connectivity index (χ0v) is 18.5. The largest absolute Gasteiger partial charge is 0.490 e. The quantitative estimate of drug-likeness (QED) is 0.756. The summed E-state index contributed by atoms with van der Waals surface area (Å²) in [7, 11) is -3.65. The summed E-state index contributed by atoms with van der Waals surface area (Å²) in [6.07, 6.45) is 1.77. The van der Waals surface area contributed by atoms with Gasteiger partial charge in [-0.05, 0) is 43.3 Å². The summed E-state index contributed by atoms with van der Waals surface area (Å²) in [5.74, 6) is 0.846. The monoisotopic (exact) mass is 450 g/mol. The zero-order valence-electron chi connectivity index (χ0n) is 16.9. The van der Waals surface area contributed by atoms with Crippen molar-refractivity contribution >= 4 is 27.3 Å². The van der Waals surface area contributed by atoms with Crippen LogP contribution in [0, 0.1) is 5.92 Å². The van der Waals surface area contributed by atoms with Crippen LogP contribution in [0.15, 0.2) is 40.6 Å². The van der Waals surface area contributed by atoms with E-state index in [1.54, 1.807) is 23.5 Å². The van der Waals surface area contributed by atoms with Gasteiger partial charge in [0.2, 0.25) is 15.9 Å². The lowest BCUT2D eigenvalue weighted by molar-refractivity contribution is -0.126. The molecule has 2 aliphatic rings. The van der Waals surface area contributed by atoms with Crippen LogP contribution in [0.2, 0.25) is 0 Å². The Hall–Kier alpha value is -2.10. The third kappa shape index (κ3) is 4.48. The predicted octanol–water partition coefficient (Wildman–Crippen LogP) is 3.19. The lowest BCUT2D eigenvalue weighted by atomic mass is 9.97. The third-order valence-corrected chi connectivity index (χ3v) is 8.46. The molecule has 0 aliphatic carbocycles. The molecule has 0 unspecified atom stereocenters. The van der Waals surface area contributed by atoms with Gasteiger partial charge in [-0.2, -0.15) is 4.31 Å². The fraction of sp³-hybridized carbons (Fsp3) is 0.476. The van der Waals surface area contributed by atoms with Gasteiger partial charge in [-0.25, -0.2) is 8.42 Å². The number of thiophene rings is 1. The first-order valence-electron chi connectivity index (χ1n) is 10.2. The molecule has 0 bridgehead atoms. The fourth-order valence-corrected chi connectivity index (χ4v) is 5.97. The van der Waals surface area contributed by atoms with Crippen molar-refractivity contribution in [2.45, 2.75) is 37.1 Å². The molecule has 0 saturated carbocycles. The molecule has 162 valence electrons. The van der Waals surface area contributed by atoms with E-state index < -0.39 is 10.0 Å². The van der Waals surface area contributed by atoms with Crippen LogP contribution in [0.1, 0.15) is 37.1 Å². The first kappa shape index (κ1) is 21.1. The van der Waals surface area contributed by atoms with Crippen LogP contribution < -0.4 is 14.8 Å². The number of hydrogen-bond donors (Lipinski definition) is 1. The minimum atomic E-state index is -3.65. The molecule has 1 amide bonds. The highest BCUT2D eigenvalue weighted by molar-refractivity contribution is 7.89. The molecular weight excluding hydrogens is 424 g/mol. The summed E-state index contributed by atoms with van der Waals surface area (Å²) in [6, 6.07) is 8.67. The minimum absolute atomic E-state index is 0.0106. The van der Waals surface area contributed by atoms with E-state index in [9.17, 15) is 13.2 Å². The molecule has 1 atom stereocenters. The number of nitrogens with zero attached hydrogens (tertiary/aromatic N) is 1. The Balaban J connectivity index is 1.38. The topological polar surface area (TPSA) is 84.9 Å². The van der Waals surface area contributed by atoms with Gasteiger partial charge in [-0.15, -0.1) is 11.3 Å². The average Bonchev–Trinajstić information content (AvgIpc) is 3.19. The summed E-state index contributed by atoms with van der Waals surface area (Å²) >= 11 is 1.61. The van der Waals surface area contributed by atoms with Gasteiger partial charge in [0, 0.05) is 36.4 Å². The van der Waals surface area contributed by atoms with E-state index in [2.05, 4.69) is 5.32 Å². The fourth-order valence-electron chi connectivity index (χ4n) is 3.75. The van der Waals surface area contributed by atoms with Gasteiger partial charge in [0.1, 0.15) is 0 Å². The number of fused-ring (bicyclic) bond motifs is 1. The molecule has 3 heterocycles. The molecule has 9 heteroatoms. The molecule has 2 aliphatic heterocycles. The van der Waals surface area contributed by atoms with Crippen LogP contribution in [-0.4, -0.2) is 44.9 Å². The number of amides is 1.